The molecule has 0 bridgehead atoms. The lowest BCUT2D eigenvalue weighted by molar-refractivity contribution is 0.131. The Kier molecular flexibility index (Phi) is 5.20. The molecule has 0 amide bonds. The molecule has 1 aromatic heterocycles. The smallest absolute Gasteiger partial charge is 0.134 e. The van der Waals surface area contributed by atoms with Crippen LogP contribution in [0.2, 0.25) is 0 Å². The van der Waals surface area contributed by atoms with Crippen LogP contribution < -0.4 is 4.74 Å². The molecule has 26 heavy (non-hydrogen) atoms. The largest absolute Gasteiger partial charge is 0.488 e. The first-order valence-corrected chi connectivity index (χ1v) is 9.25. The molecule has 0 saturated carbocycles. The third-order valence-corrected chi connectivity index (χ3v) is 4.42. The van der Waals surface area contributed by atoms with Crippen LogP contribution in [0.25, 0.3) is 22.9 Å². The third-order valence-electron chi connectivity index (χ3n) is 3.54. The minimum Gasteiger partial charge on any atom is -0.488 e. The second kappa shape index (κ2) is 7.55. The lowest BCUT2D eigenvalue weighted by Crippen LogP contribution is -2.22. The van der Waals surface area contributed by atoms with Crippen LogP contribution >= 0.6 is 11.3 Å². The lowest BCUT2D eigenvalue weighted by Gasteiger charge is -2.21. The van der Waals surface area contributed by atoms with Gasteiger partial charge < -0.3 is 4.74 Å². The summed E-state index contributed by atoms with van der Waals surface area (Å²) in [7, 11) is 0. The lowest BCUT2D eigenvalue weighted by atomic mass is 10.1. The fourth-order valence-electron chi connectivity index (χ4n) is 2.43. The van der Waals surface area contributed by atoms with Gasteiger partial charge in [0, 0.05) is 10.9 Å². The van der Waals surface area contributed by atoms with E-state index in [1.54, 1.807) is 0 Å². The summed E-state index contributed by atoms with van der Waals surface area (Å²) in [5.74, 6) is 0.814. The molecule has 4 heteroatoms. The van der Waals surface area contributed by atoms with E-state index in [2.05, 4.69) is 11.1 Å². The second-order valence-corrected chi connectivity index (χ2v) is 7.72. The van der Waals surface area contributed by atoms with E-state index in [1.165, 1.54) is 11.3 Å². The summed E-state index contributed by atoms with van der Waals surface area (Å²) >= 11 is 1.48. The van der Waals surface area contributed by atoms with Crippen LogP contribution in [0, 0.1) is 11.3 Å². The molecule has 0 N–H and O–H groups in total. The molecule has 0 aliphatic carbocycles. The van der Waals surface area contributed by atoms with Crippen LogP contribution in [0.3, 0.4) is 0 Å². The van der Waals surface area contributed by atoms with Crippen LogP contribution in [0.5, 0.6) is 5.75 Å². The molecule has 130 valence electrons. The highest BCUT2D eigenvalue weighted by Crippen LogP contribution is 2.27. The number of allylic oxidation sites excluding steroid dienone is 1. The molecule has 0 unspecified atom stereocenters. The number of hydrogen-bond donors (Lipinski definition) is 0. The SMILES string of the molecule is CC(C)(C)Oc1ccc(/C=C(/C#N)c2nc(-c3ccccc3)cs2)cc1. The Balaban J connectivity index is 1.83. The predicted molar refractivity (Wildman–Crippen MR) is 108 cm³/mol. The second-order valence-electron chi connectivity index (χ2n) is 6.86. The Labute approximate surface area is 158 Å². The van der Waals surface area contributed by atoms with Crippen LogP contribution in [-0.2, 0) is 0 Å². The van der Waals surface area contributed by atoms with E-state index in [9.17, 15) is 5.26 Å². The van der Waals surface area contributed by atoms with Crippen molar-refractivity contribution in [1.29, 1.82) is 5.26 Å². The summed E-state index contributed by atoms with van der Waals surface area (Å²) in [6, 6.07) is 20.0. The molecular weight excluding hydrogens is 340 g/mol. The first-order valence-electron chi connectivity index (χ1n) is 8.37. The van der Waals surface area contributed by atoms with Gasteiger partial charge in [0.1, 0.15) is 22.4 Å². The van der Waals surface area contributed by atoms with E-state index < -0.39 is 0 Å². The molecule has 3 nitrogen and oxygen atoms in total. The van der Waals surface area contributed by atoms with Crippen LogP contribution in [-0.4, -0.2) is 10.6 Å². The maximum absolute atomic E-state index is 9.55. The van der Waals surface area contributed by atoms with Crippen molar-refractivity contribution in [3.05, 3.63) is 70.5 Å². The van der Waals surface area contributed by atoms with Crippen molar-refractivity contribution in [2.24, 2.45) is 0 Å². The van der Waals surface area contributed by atoms with Crippen LogP contribution in [0.1, 0.15) is 31.3 Å². The van der Waals surface area contributed by atoms with Gasteiger partial charge >= 0.3 is 0 Å². The third kappa shape index (κ3) is 4.59. The van der Waals surface area contributed by atoms with Gasteiger partial charge in [-0.2, -0.15) is 5.26 Å². The first kappa shape index (κ1) is 17.9. The van der Waals surface area contributed by atoms with Crippen molar-refractivity contribution in [2.75, 3.05) is 0 Å². The van der Waals surface area contributed by atoms with Gasteiger partial charge in [-0.3, -0.25) is 0 Å². The summed E-state index contributed by atoms with van der Waals surface area (Å²) in [6.45, 7) is 6.05. The van der Waals surface area contributed by atoms with Gasteiger partial charge in [-0.05, 0) is 44.5 Å². The zero-order chi connectivity index (χ0) is 18.6. The Morgan fingerprint density at radius 3 is 2.38 bits per heavy atom. The number of nitriles is 1. The molecule has 2 aromatic carbocycles. The molecule has 0 radical (unpaired) electrons. The van der Waals surface area contributed by atoms with E-state index in [-0.39, 0.29) is 5.60 Å². The van der Waals surface area contributed by atoms with Gasteiger partial charge in [-0.15, -0.1) is 11.3 Å². The van der Waals surface area contributed by atoms with E-state index in [4.69, 9.17) is 4.74 Å². The minimum absolute atomic E-state index is 0.232. The molecule has 0 aliphatic rings. The minimum atomic E-state index is -0.232. The summed E-state index contributed by atoms with van der Waals surface area (Å²) < 4.78 is 5.83. The van der Waals surface area contributed by atoms with E-state index in [0.29, 0.717) is 5.57 Å². The molecule has 0 aliphatic heterocycles. The summed E-state index contributed by atoms with van der Waals surface area (Å²) in [6.07, 6.45) is 1.86. The Hall–Kier alpha value is -2.90. The highest BCUT2D eigenvalue weighted by molar-refractivity contribution is 7.11. The Morgan fingerprint density at radius 1 is 1.08 bits per heavy atom. The number of ether oxygens (including phenoxy) is 1. The maximum Gasteiger partial charge on any atom is 0.134 e. The molecule has 0 atom stereocenters. The van der Waals surface area contributed by atoms with Crippen molar-refractivity contribution < 1.29 is 4.74 Å². The number of benzene rings is 2. The van der Waals surface area contributed by atoms with Crippen molar-refractivity contribution in [3.8, 4) is 23.1 Å². The van der Waals surface area contributed by atoms with E-state index in [0.717, 1.165) is 27.6 Å². The molecule has 0 spiro atoms. The topological polar surface area (TPSA) is 45.9 Å². The summed E-state index contributed by atoms with van der Waals surface area (Å²) in [5, 5.41) is 12.3. The number of rotatable bonds is 4. The zero-order valence-electron chi connectivity index (χ0n) is 15.1. The highest BCUT2D eigenvalue weighted by Gasteiger charge is 2.12. The molecular formula is C22H20N2OS. The Morgan fingerprint density at radius 2 is 1.77 bits per heavy atom. The molecule has 3 rings (SSSR count). The first-order chi connectivity index (χ1) is 12.4. The number of nitrogens with zero attached hydrogens (tertiary/aromatic N) is 2. The zero-order valence-corrected chi connectivity index (χ0v) is 15.9. The highest BCUT2D eigenvalue weighted by atomic mass is 32.1. The van der Waals surface area contributed by atoms with Gasteiger partial charge in [-0.25, -0.2) is 4.98 Å². The maximum atomic E-state index is 9.55. The predicted octanol–water partition coefficient (Wildman–Crippen LogP) is 6.05. The monoisotopic (exact) mass is 360 g/mol. The number of hydrogen-bond acceptors (Lipinski definition) is 4. The molecule has 0 fully saturated rings. The number of thiazole rings is 1. The normalized spacial score (nSPS) is 11.8. The fraction of sp³-hybridized carbons (Fsp3) is 0.182. The number of aromatic nitrogens is 1. The standard InChI is InChI=1S/C22H20N2OS/c1-22(2,3)25-19-11-9-16(10-12-19)13-18(14-23)21-24-20(15-26-21)17-7-5-4-6-8-17/h4-13,15H,1-3H3/b18-13-. The fourth-order valence-corrected chi connectivity index (χ4v) is 3.23. The average Bonchev–Trinajstić information content (AvgIpc) is 3.10. The van der Waals surface area contributed by atoms with Crippen molar-refractivity contribution in [2.45, 2.75) is 26.4 Å². The quantitative estimate of drug-likeness (QED) is 0.532. The average molecular weight is 360 g/mol. The van der Waals surface area contributed by atoms with Crippen molar-refractivity contribution in [3.63, 3.8) is 0 Å². The summed E-state index contributed by atoms with van der Waals surface area (Å²) in [4.78, 5) is 4.62. The van der Waals surface area contributed by atoms with Gasteiger partial charge in [0.2, 0.25) is 0 Å². The van der Waals surface area contributed by atoms with E-state index in [1.807, 2.05) is 86.8 Å². The van der Waals surface area contributed by atoms with Gasteiger partial charge in [0.05, 0.1) is 11.3 Å². The van der Waals surface area contributed by atoms with E-state index >= 15 is 0 Å². The molecule has 1 heterocycles. The van der Waals surface area contributed by atoms with Crippen molar-refractivity contribution >= 4 is 23.0 Å². The van der Waals surface area contributed by atoms with Gasteiger partial charge in [0.25, 0.3) is 0 Å². The van der Waals surface area contributed by atoms with Gasteiger partial charge in [-0.1, -0.05) is 42.5 Å². The van der Waals surface area contributed by atoms with Crippen molar-refractivity contribution in [1.82, 2.24) is 4.98 Å². The van der Waals surface area contributed by atoms with Crippen LogP contribution in [0.4, 0.5) is 0 Å². The molecule has 3 aromatic rings. The Bertz CT molecular complexity index is 942. The molecule has 0 saturated heterocycles. The summed E-state index contributed by atoms with van der Waals surface area (Å²) in [5.41, 5.74) is 3.21. The van der Waals surface area contributed by atoms with Crippen LogP contribution in [0.15, 0.2) is 60.0 Å². The van der Waals surface area contributed by atoms with Gasteiger partial charge in [0.15, 0.2) is 0 Å².